The van der Waals surface area contributed by atoms with Crippen molar-refractivity contribution in [3.63, 3.8) is 0 Å². The molecule has 112 valence electrons. The van der Waals surface area contributed by atoms with Crippen molar-refractivity contribution >= 4 is 11.6 Å². The number of likely N-dealkylation sites (tertiary alicyclic amines) is 1. The fraction of sp³-hybridized carbons (Fsp3) is 0.588. The third kappa shape index (κ3) is 1.96. The van der Waals surface area contributed by atoms with Gasteiger partial charge in [0.15, 0.2) is 5.96 Å². The molecule has 0 bridgehead atoms. The fourth-order valence-electron chi connectivity index (χ4n) is 4.20. The van der Waals surface area contributed by atoms with Crippen molar-refractivity contribution in [3.8, 4) is 0 Å². The maximum Gasteiger partial charge on any atom is 0.196 e. The molecule has 1 saturated heterocycles. The Balaban J connectivity index is 1.71. The van der Waals surface area contributed by atoms with E-state index < -0.39 is 0 Å². The molecule has 2 heterocycles. The van der Waals surface area contributed by atoms with Crippen molar-refractivity contribution in [1.29, 1.82) is 0 Å². The fourth-order valence-corrected chi connectivity index (χ4v) is 4.20. The lowest BCUT2D eigenvalue weighted by Gasteiger charge is -2.37. The molecule has 4 rings (SSSR count). The first kappa shape index (κ1) is 13.1. The molecule has 2 unspecified atom stereocenters. The molecule has 0 radical (unpaired) electrons. The normalized spacial score (nSPS) is 33.0. The largest absolute Gasteiger partial charge is 0.369 e. The molecule has 1 saturated carbocycles. The monoisotopic (exact) mass is 284 g/mol. The van der Waals surface area contributed by atoms with Crippen LogP contribution in [0.4, 0.5) is 5.69 Å². The molecule has 1 aliphatic carbocycles. The second kappa shape index (κ2) is 4.47. The van der Waals surface area contributed by atoms with Gasteiger partial charge in [-0.15, -0.1) is 0 Å². The Hall–Kier alpha value is -1.55. The Morgan fingerprint density at radius 1 is 1.29 bits per heavy atom. The van der Waals surface area contributed by atoms with E-state index in [0.717, 1.165) is 25.6 Å². The Morgan fingerprint density at radius 2 is 2.05 bits per heavy atom. The Bertz CT molecular complexity index is 592. The third-order valence-electron chi connectivity index (χ3n) is 5.33. The summed E-state index contributed by atoms with van der Waals surface area (Å²) in [4.78, 5) is 9.61. The molecule has 2 N–H and O–H groups in total. The Labute approximate surface area is 126 Å². The van der Waals surface area contributed by atoms with E-state index in [-0.39, 0.29) is 5.54 Å². The number of guanidine groups is 1. The number of anilines is 1. The lowest BCUT2D eigenvalue weighted by Crippen LogP contribution is -2.54. The predicted octanol–water partition coefficient (Wildman–Crippen LogP) is 2.13. The van der Waals surface area contributed by atoms with E-state index in [2.05, 4.69) is 52.9 Å². The Morgan fingerprint density at radius 3 is 2.76 bits per heavy atom. The van der Waals surface area contributed by atoms with Gasteiger partial charge in [0.2, 0.25) is 0 Å². The highest BCUT2D eigenvalue weighted by Crippen LogP contribution is 2.43. The summed E-state index contributed by atoms with van der Waals surface area (Å²) in [6.45, 7) is 6.45. The molecular weight excluding hydrogens is 260 g/mol. The van der Waals surface area contributed by atoms with Gasteiger partial charge in [0, 0.05) is 24.3 Å². The minimum absolute atomic E-state index is 0.0677. The van der Waals surface area contributed by atoms with E-state index in [1.54, 1.807) is 0 Å². The van der Waals surface area contributed by atoms with Crippen molar-refractivity contribution in [1.82, 2.24) is 4.90 Å². The van der Waals surface area contributed by atoms with Gasteiger partial charge in [-0.05, 0) is 44.7 Å². The van der Waals surface area contributed by atoms with Crippen LogP contribution in [0.2, 0.25) is 0 Å². The molecule has 4 heteroatoms. The van der Waals surface area contributed by atoms with Crippen molar-refractivity contribution < 1.29 is 0 Å². The number of hydrogen-bond donors (Lipinski definition) is 1. The molecule has 21 heavy (non-hydrogen) atoms. The van der Waals surface area contributed by atoms with E-state index in [4.69, 9.17) is 5.73 Å². The molecule has 0 amide bonds. The maximum absolute atomic E-state index is 6.27. The SMILES string of the molecule is Cc1ccccc1N1C(N)=NCC12CC(C)N(C1CC1)C2. The summed E-state index contributed by atoms with van der Waals surface area (Å²) >= 11 is 0. The number of nitrogens with two attached hydrogens (primary N) is 1. The first-order chi connectivity index (χ1) is 10.1. The predicted molar refractivity (Wildman–Crippen MR) is 86.7 cm³/mol. The van der Waals surface area contributed by atoms with E-state index in [1.807, 2.05) is 0 Å². The maximum atomic E-state index is 6.27. The van der Waals surface area contributed by atoms with Gasteiger partial charge in [-0.25, -0.2) is 0 Å². The van der Waals surface area contributed by atoms with E-state index in [0.29, 0.717) is 12.0 Å². The van der Waals surface area contributed by atoms with Gasteiger partial charge in [0.25, 0.3) is 0 Å². The van der Waals surface area contributed by atoms with Crippen LogP contribution in [-0.2, 0) is 0 Å². The lowest BCUT2D eigenvalue weighted by atomic mass is 9.94. The zero-order chi connectivity index (χ0) is 14.6. The smallest absolute Gasteiger partial charge is 0.196 e. The number of rotatable bonds is 2. The van der Waals surface area contributed by atoms with Gasteiger partial charge in [-0.2, -0.15) is 0 Å². The van der Waals surface area contributed by atoms with Gasteiger partial charge in [0.05, 0.1) is 12.1 Å². The highest BCUT2D eigenvalue weighted by atomic mass is 15.4. The molecular formula is C17H24N4. The summed E-state index contributed by atoms with van der Waals surface area (Å²) < 4.78 is 0. The van der Waals surface area contributed by atoms with E-state index >= 15 is 0 Å². The molecule has 2 atom stereocenters. The zero-order valence-corrected chi connectivity index (χ0v) is 12.9. The highest BCUT2D eigenvalue weighted by molar-refractivity contribution is 5.99. The van der Waals surface area contributed by atoms with Gasteiger partial charge in [-0.1, -0.05) is 18.2 Å². The van der Waals surface area contributed by atoms with Crippen LogP contribution in [0.5, 0.6) is 0 Å². The summed E-state index contributed by atoms with van der Waals surface area (Å²) in [7, 11) is 0. The van der Waals surface area contributed by atoms with Crippen LogP contribution >= 0.6 is 0 Å². The van der Waals surface area contributed by atoms with E-state index in [9.17, 15) is 0 Å². The number of benzene rings is 1. The molecule has 0 aromatic heterocycles. The molecule has 1 aromatic rings. The molecule has 2 fully saturated rings. The van der Waals surface area contributed by atoms with E-state index in [1.165, 1.54) is 24.1 Å². The number of nitrogens with zero attached hydrogens (tertiary/aromatic N) is 3. The molecule has 4 nitrogen and oxygen atoms in total. The molecule has 2 aliphatic heterocycles. The first-order valence-corrected chi connectivity index (χ1v) is 8.02. The van der Waals surface area contributed by atoms with Gasteiger partial charge in [-0.3, -0.25) is 9.89 Å². The average molecular weight is 284 g/mol. The van der Waals surface area contributed by atoms with Crippen LogP contribution in [0.1, 0.15) is 31.7 Å². The first-order valence-electron chi connectivity index (χ1n) is 8.02. The van der Waals surface area contributed by atoms with Crippen LogP contribution in [0.25, 0.3) is 0 Å². The van der Waals surface area contributed by atoms with Crippen LogP contribution < -0.4 is 10.6 Å². The number of aryl methyl sites for hydroxylation is 1. The average Bonchev–Trinajstić information content (AvgIpc) is 3.18. The highest BCUT2D eigenvalue weighted by Gasteiger charge is 2.53. The number of hydrogen-bond acceptors (Lipinski definition) is 4. The third-order valence-corrected chi connectivity index (χ3v) is 5.33. The zero-order valence-electron chi connectivity index (χ0n) is 12.9. The quantitative estimate of drug-likeness (QED) is 0.905. The summed E-state index contributed by atoms with van der Waals surface area (Å²) in [5, 5.41) is 0. The summed E-state index contributed by atoms with van der Waals surface area (Å²) in [5.74, 6) is 0.689. The number of aliphatic imine (C=N–C) groups is 1. The summed E-state index contributed by atoms with van der Waals surface area (Å²) in [6, 6.07) is 9.95. The van der Waals surface area contributed by atoms with Gasteiger partial charge < -0.3 is 10.6 Å². The standard InChI is InChI=1S/C17H24N4/c1-12-5-3-4-6-15(12)21-16(18)19-10-17(21)9-13(2)20(11-17)14-7-8-14/h3-6,13-14H,7-11H2,1-2H3,(H2,18,19). The van der Waals surface area contributed by atoms with Crippen molar-refractivity contribution in [2.45, 2.75) is 50.7 Å². The van der Waals surface area contributed by atoms with Crippen molar-refractivity contribution in [2.75, 3.05) is 18.0 Å². The summed E-state index contributed by atoms with van der Waals surface area (Å²) in [6.07, 6.45) is 3.88. The van der Waals surface area contributed by atoms with Gasteiger partial charge in [0.1, 0.15) is 0 Å². The molecule has 3 aliphatic rings. The minimum Gasteiger partial charge on any atom is -0.369 e. The van der Waals surface area contributed by atoms with Crippen molar-refractivity contribution in [3.05, 3.63) is 29.8 Å². The van der Waals surface area contributed by atoms with Gasteiger partial charge >= 0.3 is 0 Å². The Kier molecular flexibility index (Phi) is 2.80. The molecule has 1 spiro atoms. The van der Waals surface area contributed by atoms with Crippen LogP contribution in [0.15, 0.2) is 29.3 Å². The molecule has 1 aromatic carbocycles. The minimum atomic E-state index is 0.0677. The summed E-state index contributed by atoms with van der Waals surface area (Å²) in [5.41, 5.74) is 8.84. The van der Waals surface area contributed by atoms with Crippen molar-refractivity contribution in [2.24, 2.45) is 10.7 Å². The second-order valence-corrected chi connectivity index (χ2v) is 6.98. The van der Waals surface area contributed by atoms with Crippen LogP contribution in [0, 0.1) is 6.92 Å². The second-order valence-electron chi connectivity index (χ2n) is 6.98. The number of para-hydroxylation sites is 1. The van der Waals surface area contributed by atoms with Crippen LogP contribution in [-0.4, -0.2) is 41.6 Å². The lowest BCUT2D eigenvalue weighted by molar-refractivity contribution is 0.251. The van der Waals surface area contributed by atoms with Crippen LogP contribution in [0.3, 0.4) is 0 Å². The topological polar surface area (TPSA) is 44.9 Å².